The number of benzene rings is 1. The number of hydrogen-bond acceptors (Lipinski definition) is 2. The van der Waals surface area contributed by atoms with E-state index in [1.165, 1.54) is 11.1 Å². The molecule has 0 spiro atoms. The molecule has 94 valence electrons. The van der Waals surface area contributed by atoms with Crippen LogP contribution in [0, 0.1) is 0 Å². The van der Waals surface area contributed by atoms with Gasteiger partial charge in [0.1, 0.15) is 0 Å². The van der Waals surface area contributed by atoms with E-state index < -0.39 is 0 Å². The second kappa shape index (κ2) is 6.53. The van der Waals surface area contributed by atoms with Crippen LogP contribution in [-0.2, 0) is 6.54 Å². The normalized spacial score (nSPS) is 10.6. The van der Waals surface area contributed by atoms with Gasteiger partial charge >= 0.3 is 0 Å². The third-order valence-electron chi connectivity index (χ3n) is 2.80. The number of pyridine rings is 1. The molecule has 0 fully saturated rings. The summed E-state index contributed by atoms with van der Waals surface area (Å²) in [5.41, 5.74) is 3.48. The minimum atomic E-state index is 0.811. The molecule has 0 radical (unpaired) electrons. The molecule has 1 aromatic heterocycles. The van der Waals surface area contributed by atoms with Crippen LogP contribution in [0.1, 0.15) is 18.9 Å². The van der Waals surface area contributed by atoms with Crippen molar-refractivity contribution < 1.29 is 0 Å². The second-order valence-electron chi connectivity index (χ2n) is 4.22. The summed E-state index contributed by atoms with van der Waals surface area (Å²) in [5, 5.41) is 4.19. The van der Waals surface area contributed by atoms with Crippen LogP contribution in [0.3, 0.4) is 0 Å². The van der Waals surface area contributed by atoms with Crippen molar-refractivity contribution in [1.29, 1.82) is 0 Å². The molecule has 0 bridgehead atoms. The van der Waals surface area contributed by atoms with E-state index in [-0.39, 0.29) is 0 Å². The first-order valence-electron chi connectivity index (χ1n) is 6.21. The van der Waals surface area contributed by atoms with Gasteiger partial charge in [0.05, 0.1) is 0 Å². The van der Waals surface area contributed by atoms with Crippen molar-refractivity contribution in [3.63, 3.8) is 0 Å². The number of hydrogen-bond donors (Lipinski definition) is 1. The molecule has 3 heteroatoms. The molecule has 0 unspecified atom stereocenters. The van der Waals surface area contributed by atoms with Gasteiger partial charge in [0.2, 0.25) is 0 Å². The van der Waals surface area contributed by atoms with Crippen molar-refractivity contribution in [2.24, 2.45) is 0 Å². The van der Waals surface area contributed by atoms with Crippen LogP contribution in [0.2, 0.25) is 5.02 Å². The van der Waals surface area contributed by atoms with Crippen LogP contribution in [-0.4, -0.2) is 11.5 Å². The predicted molar refractivity (Wildman–Crippen MR) is 76.7 cm³/mol. The maximum Gasteiger partial charge on any atom is 0.0451 e. The Bertz CT molecular complexity index is 497. The Morgan fingerprint density at radius 3 is 2.61 bits per heavy atom. The number of nitrogens with one attached hydrogen (secondary N) is 1. The lowest BCUT2D eigenvalue weighted by Gasteiger charge is -2.09. The molecule has 0 aliphatic rings. The molecule has 0 aliphatic heterocycles. The van der Waals surface area contributed by atoms with E-state index >= 15 is 0 Å². The van der Waals surface area contributed by atoms with Gasteiger partial charge in [-0.25, -0.2) is 0 Å². The first-order valence-corrected chi connectivity index (χ1v) is 6.58. The lowest BCUT2D eigenvalue weighted by atomic mass is 10.0. The number of halogens is 1. The van der Waals surface area contributed by atoms with Gasteiger partial charge in [0.25, 0.3) is 0 Å². The molecule has 2 nitrogen and oxygen atoms in total. The highest BCUT2D eigenvalue weighted by Gasteiger charge is 2.03. The average molecular weight is 261 g/mol. The summed E-state index contributed by atoms with van der Waals surface area (Å²) >= 11 is 6.21. The minimum Gasteiger partial charge on any atom is -0.313 e. The van der Waals surface area contributed by atoms with Crippen LogP contribution >= 0.6 is 11.6 Å². The standard InChI is InChI=1S/C15H17ClN2/c1-2-7-18-11-14-10-13(3-4-15(14)16)12-5-8-17-9-6-12/h3-6,8-10,18H,2,7,11H2,1H3. The second-order valence-corrected chi connectivity index (χ2v) is 4.63. The van der Waals surface area contributed by atoms with Crippen molar-refractivity contribution >= 4 is 11.6 Å². The summed E-state index contributed by atoms with van der Waals surface area (Å²) in [6, 6.07) is 10.2. The minimum absolute atomic E-state index is 0.811. The molecule has 1 heterocycles. The van der Waals surface area contributed by atoms with Gasteiger partial charge in [-0.2, -0.15) is 0 Å². The van der Waals surface area contributed by atoms with Gasteiger partial charge in [-0.15, -0.1) is 0 Å². The van der Waals surface area contributed by atoms with Crippen molar-refractivity contribution in [2.45, 2.75) is 19.9 Å². The third-order valence-corrected chi connectivity index (χ3v) is 3.17. The van der Waals surface area contributed by atoms with Crippen LogP contribution in [0.5, 0.6) is 0 Å². The summed E-state index contributed by atoms with van der Waals surface area (Å²) in [7, 11) is 0. The summed E-state index contributed by atoms with van der Waals surface area (Å²) in [6.07, 6.45) is 4.74. The zero-order valence-electron chi connectivity index (χ0n) is 10.5. The molecule has 0 atom stereocenters. The molecule has 1 N–H and O–H groups in total. The van der Waals surface area contributed by atoms with Gasteiger partial charge in [-0.1, -0.05) is 24.6 Å². The Hall–Kier alpha value is -1.38. The maximum absolute atomic E-state index is 6.21. The largest absolute Gasteiger partial charge is 0.313 e. The summed E-state index contributed by atoms with van der Waals surface area (Å²) in [6.45, 7) is 3.98. The van der Waals surface area contributed by atoms with Crippen molar-refractivity contribution in [3.05, 3.63) is 53.3 Å². The Morgan fingerprint density at radius 2 is 1.89 bits per heavy atom. The smallest absolute Gasteiger partial charge is 0.0451 e. The van der Waals surface area contributed by atoms with E-state index in [0.717, 1.165) is 30.1 Å². The Balaban J connectivity index is 2.21. The van der Waals surface area contributed by atoms with E-state index in [4.69, 9.17) is 11.6 Å². The van der Waals surface area contributed by atoms with E-state index in [2.05, 4.69) is 23.3 Å². The van der Waals surface area contributed by atoms with E-state index in [0.29, 0.717) is 0 Å². The molecule has 0 saturated heterocycles. The zero-order chi connectivity index (χ0) is 12.8. The van der Waals surface area contributed by atoms with Crippen LogP contribution < -0.4 is 5.32 Å². The molecule has 0 amide bonds. The lowest BCUT2D eigenvalue weighted by molar-refractivity contribution is 0.676. The number of rotatable bonds is 5. The SMILES string of the molecule is CCCNCc1cc(-c2ccncc2)ccc1Cl. The quantitative estimate of drug-likeness (QED) is 0.825. The van der Waals surface area contributed by atoms with E-state index in [9.17, 15) is 0 Å². The molecular formula is C15H17ClN2. The highest BCUT2D eigenvalue weighted by atomic mass is 35.5. The summed E-state index contributed by atoms with van der Waals surface area (Å²) in [4.78, 5) is 4.03. The Kier molecular flexibility index (Phi) is 4.73. The predicted octanol–water partition coefficient (Wildman–Crippen LogP) is 3.90. The molecule has 0 aliphatic carbocycles. The van der Waals surface area contributed by atoms with Crippen LogP contribution in [0.25, 0.3) is 11.1 Å². The summed E-state index contributed by atoms with van der Waals surface area (Å²) in [5.74, 6) is 0. The first-order chi connectivity index (χ1) is 8.81. The monoisotopic (exact) mass is 260 g/mol. The van der Waals surface area contributed by atoms with Gasteiger partial charge < -0.3 is 5.32 Å². The fourth-order valence-electron chi connectivity index (χ4n) is 1.83. The Labute approximate surface area is 113 Å². The van der Waals surface area contributed by atoms with Crippen molar-refractivity contribution in [2.75, 3.05) is 6.54 Å². The number of nitrogens with zero attached hydrogens (tertiary/aromatic N) is 1. The van der Waals surface area contributed by atoms with Crippen molar-refractivity contribution in [1.82, 2.24) is 10.3 Å². The third kappa shape index (κ3) is 3.31. The highest BCUT2D eigenvalue weighted by Crippen LogP contribution is 2.24. The van der Waals surface area contributed by atoms with E-state index in [1.807, 2.05) is 24.3 Å². The number of aromatic nitrogens is 1. The Morgan fingerprint density at radius 1 is 1.11 bits per heavy atom. The van der Waals surface area contributed by atoms with Gasteiger partial charge in [0.15, 0.2) is 0 Å². The van der Waals surface area contributed by atoms with E-state index in [1.54, 1.807) is 12.4 Å². The molecule has 1 aromatic carbocycles. The zero-order valence-corrected chi connectivity index (χ0v) is 11.2. The first kappa shape index (κ1) is 13.1. The van der Waals surface area contributed by atoms with Gasteiger partial charge in [-0.05, 0) is 53.9 Å². The van der Waals surface area contributed by atoms with Crippen LogP contribution in [0.4, 0.5) is 0 Å². The van der Waals surface area contributed by atoms with Gasteiger partial charge in [-0.3, -0.25) is 4.98 Å². The topological polar surface area (TPSA) is 24.9 Å². The fraction of sp³-hybridized carbons (Fsp3) is 0.267. The lowest BCUT2D eigenvalue weighted by Crippen LogP contribution is -2.14. The van der Waals surface area contributed by atoms with Crippen molar-refractivity contribution in [3.8, 4) is 11.1 Å². The summed E-state index contributed by atoms with van der Waals surface area (Å²) < 4.78 is 0. The highest BCUT2D eigenvalue weighted by molar-refractivity contribution is 6.31. The maximum atomic E-state index is 6.21. The molecule has 2 aromatic rings. The average Bonchev–Trinajstić information content (AvgIpc) is 2.42. The molecule has 2 rings (SSSR count). The molecule has 0 saturated carbocycles. The van der Waals surface area contributed by atoms with Crippen LogP contribution in [0.15, 0.2) is 42.7 Å². The molecular weight excluding hydrogens is 244 g/mol. The molecule has 18 heavy (non-hydrogen) atoms. The van der Waals surface area contributed by atoms with Gasteiger partial charge in [0, 0.05) is 24.0 Å². The fourth-order valence-corrected chi connectivity index (χ4v) is 2.02.